The third-order valence-electron chi connectivity index (χ3n) is 3.94. The minimum atomic E-state index is -1.01. The number of amides is 1. The largest absolute Gasteiger partial charge is 0.378 e. The van der Waals surface area contributed by atoms with Crippen molar-refractivity contribution in [3.8, 4) is 0 Å². The summed E-state index contributed by atoms with van der Waals surface area (Å²) in [7, 11) is 0. The molecule has 1 unspecified atom stereocenters. The summed E-state index contributed by atoms with van der Waals surface area (Å²) in [5, 5.41) is 12.5. The summed E-state index contributed by atoms with van der Waals surface area (Å²) in [6.07, 6.45) is 1.63. The van der Waals surface area contributed by atoms with E-state index in [-0.39, 0.29) is 5.91 Å². The summed E-state index contributed by atoms with van der Waals surface area (Å²) < 4.78 is 0. The normalized spacial score (nSPS) is 21.5. The molecule has 1 atom stereocenters. The number of hydrogen-bond acceptors (Lipinski definition) is 3. The molecule has 1 aromatic rings. The van der Waals surface area contributed by atoms with Crippen LogP contribution >= 0.6 is 0 Å². The highest BCUT2D eigenvalue weighted by atomic mass is 16.3. The van der Waals surface area contributed by atoms with Crippen molar-refractivity contribution in [1.29, 1.82) is 0 Å². The molecule has 1 amide bonds. The van der Waals surface area contributed by atoms with Crippen LogP contribution in [0.4, 0.5) is 11.4 Å². The van der Waals surface area contributed by atoms with E-state index in [0.29, 0.717) is 11.6 Å². The molecule has 1 aliphatic carbocycles. The smallest absolute Gasteiger partial charge is 0.257 e. The summed E-state index contributed by atoms with van der Waals surface area (Å²) in [6, 6.07) is 6.27. The number of aliphatic hydroxyl groups is 1. The van der Waals surface area contributed by atoms with Crippen LogP contribution in [-0.4, -0.2) is 23.6 Å². The lowest BCUT2D eigenvalue weighted by Crippen LogP contribution is -2.32. The third kappa shape index (κ3) is 2.32. The minimum Gasteiger partial charge on any atom is -0.378 e. The van der Waals surface area contributed by atoms with E-state index >= 15 is 0 Å². The molecule has 0 radical (unpaired) electrons. The van der Waals surface area contributed by atoms with Gasteiger partial charge in [-0.15, -0.1) is 0 Å². The Kier molecular flexibility index (Phi) is 2.97. The average Bonchev–Trinajstić information content (AvgIpc) is 3.14. The lowest BCUT2D eigenvalue weighted by atomic mass is 10.1. The van der Waals surface area contributed by atoms with Crippen LogP contribution in [0, 0.1) is 5.92 Å². The number of fused-ring (bicyclic) bond motifs is 1. The van der Waals surface area contributed by atoms with Crippen LogP contribution in [0.2, 0.25) is 0 Å². The van der Waals surface area contributed by atoms with Crippen molar-refractivity contribution >= 4 is 17.3 Å². The highest BCUT2D eigenvalue weighted by molar-refractivity contribution is 6.02. The van der Waals surface area contributed by atoms with Crippen molar-refractivity contribution in [2.24, 2.45) is 5.92 Å². The van der Waals surface area contributed by atoms with Gasteiger partial charge in [0.15, 0.2) is 6.10 Å². The fraction of sp³-hybridized carbons (Fsp3) is 0.533. The SMILES string of the molecule is CC(C)N(CC1CC1)c1ccc2c(c1)NC(=O)C2O. The molecule has 2 N–H and O–H groups in total. The molecule has 2 aliphatic rings. The molecule has 4 nitrogen and oxygen atoms in total. The summed E-state index contributed by atoms with van der Waals surface area (Å²) >= 11 is 0. The summed E-state index contributed by atoms with van der Waals surface area (Å²) in [5.74, 6) is 0.487. The van der Waals surface area contributed by atoms with E-state index in [1.165, 1.54) is 12.8 Å². The number of benzene rings is 1. The van der Waals surface area contributed by atoms with Gasteiger partial charge in [-0.05, 0) is 44.7 Å². The van der Waals surface area contributed by atoms with Gasteiger partial charge in [0.25, 0.3) is 5.91 Å². The van der Waals surface area contributed by atoms with Gasteiger partial charge in [0.05, 0.1) is 0 Å². The maximum Gasteiger partial charge on any atom is 0.257 e. The second-order valence-electron chi connectivity index (χ2n) is 5.85. The highest BCUT2D eigenvalue weighted by Crippen LogP contribution is 2.36. The van der Waals surface area contributed by atoms with E-state index in [1.54, 1.807) is 0 Å². The van der Waals surface area contributed by atoms with Crippen LogP contribution in [0.15, 0.2) is 18.2 Å². The first-order valence-electron chi connectivity index (χ1n) is 6.96. The second kappa shape index (κ2) is 4.53. The monoisotopic (exact) mass is 260 g/mol. The first-order valence-corrected chi connectivity index (χ1v) is 6.96. The molecule has 19 heavy (non-hydrogen) atoms. The Balaban J connectivity index is 1.88. The number of nitrogens with one attached hydrogen (secondary N) is 1. The maximum absolute atomic E-state index is 11.5. The zero-order valence-electron chi connectivity index (χ0n) is 11.4. The number of carbonyl (C=O) groups excluding carboxylic acids is 1. The molecule has 0 aromatic heterocycles. The van der Waals surface area contributed by atoms with Crippen molar-refractivity contribution in [3.05, 3.63) is 23.8 Å². The van der Waals surface area contributed by atoms with Gasteiger partial charge >= 0.3 is 0 Å². The van der Waals surface area contributed by atoms with E-state index < -0.39 is 6.10 Å². The van der Waals surface area contributed by atoms with Gasteiger partial charge in [-0.1, -0.05) is 6.07 Å². The maximum atomic E-state index is 11.5. The first-order chi connectivity index (χ1) is 9.06. The summed E-state index contributed by atoms with van der Waals surface area (Å²) in [4.78, 5) is 13.8. The Morgan fingerprint density at radius 1 is 1.42 bits per heavy atom. The standard InChI is InChI=1S/C15H20N2O2/c1-9(2)17(8-10-3-4-10)11-5-6-12-13(7-11)16-15(19)14(12)18/h5-7,9-10,14,18H,3-4,8H2,1-2H3,(H,16,19). The second-order valence-corrected chi connectivity index (χ2v) is 5.85. The fourth-order valence-corrected chi connectivity index (χ4v) is 2.60. The Morgan fingerprint density at radius 3 is 2.79 bits per heavy atom. The Bertz CT molecular complexity index is 509. The van der Waals surface area contributed by atoms with Crippen LogP contribution in [0.3, 0.4) is 0 Å². The molecule has 1 fully saturated rings. The van der Waals surface area contributed by atoms with Gasteiger partial charge in [0.1, 0.15) is 0 Å². The van der Waals surface area contributed by atoms with Crippen molar-refractivity contribution < 1.29 is 9.90 Å². The van der Waals surface area contributed by atoms with Crippen molar-refractivity contribution in [3.63, 3.8) is 0 Å². The predicted octanol–water partition coefficient (Wildman–Crippen LogP) is 2.30. The van der Waals surface area contributed by atoms with E-state index in [1.807, 2.05) is 18.2 Å². The fourth-order valence-electron chi connectivity index (χ4n) is 2.60. The van der Waals surface area contributed by atoms with Gasteiger partial charge in [0, 0.05) is 29.5 Å². The van der Waals surface area contributed by atoms with Crippen LogP contribution in [-0.2, 0) is 4.79 Å². The zero-order valence-corrected chi connectivity index (χ0v) is 11.4. The quantitative estimate of drug-likeness (QED) is 0.873. The van der Waals surface area contributed by atoms with Crippen molar-refractivity contribution in [1.82, 2.24) is 0 Å². The first kappa shape index (κ1) is 12.5. The van der Waals surface area contributed by atoms with Gasteiger partial charge in [-0.3, -0.25) is 4.79 Å². The third-order valence-corrected chi connectivity index (χ3v) is 3.94. The lowest BCUT2D eigenvalue weighted by molar-refractivity contribution is -0.123. The van der Waals surface area contributed by atoms with E-state index in [9.17, 15) is 9.90 Å². The van der Waals surface area contributed by atoms with E-state index in [0.717, 1.165) is 23.8 Å². The Labute approximate surface area is 113 Å². The molecule has 3 rings (SSSR count). The molecule has 1 saturated carbocycles. The number of carbonyl (C=O) groups is 1. The molecular formula is C15H20N2O2. The summed E-state index contributed by atoms with van der Waals surface area (Å²) in [6.45, 7) is 5.44. The van der Waals surface area contributed by atoms with Crippen molar-refractivity contribution in [2.75, 3.05) is 16.8 Å². The minimum absolute atomic E-state index is 0.328. The number of rotatable bonds is 4. The van der Waals surface area contributed by atoms with Crippen LogP contribution in [0.5, 0.6) is 0 Å². The molecule has 0 saturated heterocycles. The van der Waals surface area contributed by atoms with Gasteiger partial charge in [-0.25, -0.2) is 0 Å². The summed E-state index contributed by atoms with van der Waals surface area (Å²) in [5.41, 5.74) is 2.55. The molecule has 0 spiro atoms. The number of hydrogen-bond donors (Lipinski definition) is 2. The average molecular weight is 260 g/mol. The van der Waals surface area contributed by atoms with Crippen LogP contribution < -0.4 is 10.2 Å². The molecule has 102 valence electrons. The van der Waals surface area contributed by atoms with E-state index in [2.05, 4.69) is 24.1 Å². The zero-order chi connectivity index (χ0) is 13.6. The Morgan fingerprint density at radius 2 is 2.16 bits per heavy atom. The van der Waals surface area contributed by atoms with Crippen molar-refractivity contribution in [2.45, 2.75) is 38.8 Å². The lowest BCUT2D eigenvalue weighted by Gasteiger charge is -2.29. The van der Waals surface area contributed by atoms with Crippen LogP contribution in [0.1, 0.15) is 38.4 Å². The number of nitrogens with zero attached hydrogens (tertiary/aromatic N) is 1. The number of anilines is 2. The Hall–Kier alpha value is -1.55. The molecule has 0 bridgehead atoms. The van der Waals surface area contributed by atoms with E-state index in [4.69, 9.17) is 0 Å². The van der Waals surface area contributed by atoms with Crippen LogP contribution in [0.25, 0.3) is 0 Å². The predicted molar refractivity (Wildman–Crippen MR) is 75.2 cm³/mol. The molecule has 4 heteroatoms. The topological polar surface area (TPSA) is 52.6 Å². The van der Waals surface area contributed by atoms with Gasteiger partial charge in [0.2, 0.25) is 0 Å². The number of aliphatic hydroxyl groups excluding tert-OH is 1. The van der Waals surface area contributed by atoms with Gasteiger partial charge in [-0.2, -0.15) is 0 Å². The molecule has 1 heterocycles. The molecule has 1 aliphatic heterocycles. The highest BCUT2D eigenvalue weighted by Gasteiger charge is 2.30. The van der Waals surface area contributed by atoms with Gasteiger partial charge < -0.3 is 15.3 Å². The molecular weight excluding hydrogens is 240 g/mol. The molecule has 1 aromatic carbocycles.